The summed E-state index contributed by atoms with van der Waals surface area (Å²) in [5, 5.41) is 28.5. The zero-order valence-electron chi connectivity index (χ0n) is 11.5. The van der Waals surface area contributed by atoms with E-state index in [4.69, 9.17) is 0 Å². The Morgan fingerprint density at radius 3 is 2.82 bits per heavy atom. The topological polar surface area (TPSA) is 146 Å². The fraction of sp³-hybridized carbons (Fsp3) is 0.333. The van der Waals surface area contributed by atoms with E-state index in [1.54, 1.807) is 20.0 Å². The van der Waals surface area contributed by atoms with Crippen molar-refractivity contribution in [1.82, 2.24) is 35.4 Å². The van der Waals surface area contributed by atoms with E-state index >= 15 is 0 Å². The summed E-state index contributed by atoms with van der Waals surface area (Å²) >= 11 is 3.23. The molecule has 0 aliphatic carbocycles. The van der Waals surface area contributed by atoms with Gasteiger partial charge in [0.05, 0.1) is 15.9 Å². The van der Waals surface area contributed by atoms with E-state index < -0.39 is 16.8 Å². The molecular weight excluding hydrogens is 362 g/mol. The van der Waals surface area contributed by atoms with Gasteiger partial charge in [-0.1, -0.05) is 4.80 Å². The quantitative estimate of drug-likeness (QED) is 0.437. The van der Waals surface area contributed by atoms with Crippen LogP contribution in [0.3, 0.4) is 0 Å². The van der Waals surface area contributed by atoms with Crippen LogP contribution < -0.4 is 5.43 Å². The molecule has 12 nitrogen and oxygen atoms in total. The number of carbonyl (C=O) groups is 1. The van der Waals surface area contributed by atoms with Gasteiger partial charge in [0, 0.05) is 18.3 Å². The van der Waals surface area contributed by atoms with Crippen molar-refractivity contribution in [2.24, 2.45) is 12.1 Å². The molecule has 2 heterocycles. The normalized spacial score (nSPS) is 11.5. The van der Waals surface area contributed by atoms with Gasteiger partial charge in [0.2, 0.25) is 0 Å². The fourth-order valence-electron chi connectivity index (χ4n) is 1.37. The van der Waals surface area contributed by atoms with Crippen LogP contribution in [0, 0.1) is 10.1 Å². The Hall–Kier alpha value is -2.70. The third-order valence-corrected chi connectivity index (χ3v) is 3.12. The molecule has 2 rings (SSSR count). The molecule has 2 aromatic rings. The van der Waals surface area contributed by atoms with Crippen molar-refractivity contribution in [3.8, 4) is 0 Å². The molecule has 1 amide bonds. The van der Waals surface area contributed by atoms with Crippen molar-refractivity contribution < 1.29 is 9.72 Å². The van der Waals surface area contributed by atoms with Gasteiger partial charge in [0.15, 0.2) is 5.69 Å². The van der Waals surface area contributed by atoms with Crippen LogP contribution in [-0.2, 0) is 13.6 Å². The molecule has 0 unspecified atom stereocenters. The monoisotopic (exact) mass is 371 g/mol. The van der Waals surface area contributed by atoms with Gasteiger partial charge < -0.3 is 10.1 Å². The summed E-state index contributed by atoms with van der Waals surface area (Å²) in [4.78, 5) is 22.5. The second-order valence-electron chi connectivity index (χ2n) is 4.14. The van der Waals surface area contributed by atoms with Gasteiger partial charge in [-0.2, -0.15) is 10.2 Å². The third kappa shape index (κ3) is 3.69. The number of aromatic nitrogens is 6. The maximum absolute atomic E-state index is 11.8. The predicted octanol–water partition coefficient (Wildman–Crippen LogP) is -0.117. The van der Waals surface area contributed by atoms with Crippen molar-refractivity contribution in [3.05, 3.63) is 26.5 Å². The maximum atomic E-state index is 11.8. The van der Waals surface area contributed by atoms with Gasteiger partial charge in [-0.15, -0.1) is 0 Å². The van der Waals surface area contributed by atoms with Crippen LogP contribution in [0.1, 0.15) is 17.4 Å². The number of hydrogen-bond acceptors (Lipinski definition) is 8. The number of nitrogens with one attached hydrogen (secondary N) is 1. The molecule has 0 spiro atoms. The third-order valence-electron chi connectivity index (χ3n) is 2.38. The zero-order chi connectivity index (χ0) is 16.3. The summed E-state index contributed by atoms with van der Waals surface area (Å²) in [7, 11) is 1.68. The average molecular weight is 372 g/mol. The van der Waals surface area contributed by atoms with E-state index in [1.165, 1.54) is 4.68 Å². The standard InChI is InChI=1S/C9H10BrN9O3/c1-5(4-18-15-9(13-16-18)19(21)22)11-12-8(20)6-3-7(10)17(2)14-6/h3H,4H2,1-2H3,(H,12,20). The number of aryl methyl sites for hydroxylation is 1. The van der Waals surface area contributed by atoms with Crippen LogP contribution in [0.4, 0.5) is 5.95 Å². The molecule has 0 saturated carbocycles. The highest BCUT2D eigenvalue weighted by Crippen LogP contribution is 2.09. The second kappa shape index (κ2) is 6.38. The van der Waals surface area contributed by atoms with E-state index in [-0.39, 0.29) is 12.2 Å². The molecule has 22 heavy (non-hydrogen) atoms. The van der Waals surface area contributed by atoms with Crippen LogP contribution >= 0.6 is 15.9 Å². The molecule has 0 aromatic carbocycles. The van der Waals surface area contributed by atoms with Gasteiger partial charge in [0.25, 0.3) is 5.91 Å². The van der Waals surface area contributed by atoms with Gasteiger partial charge in [-0.3, -0.25) is 9.48 Å². The first-order valence-electron chi connectivity index (χ1n) is 5.82. The summed E-state index contributed by atoms with van der Waals surface area (Å²) in [6.07, 6.45) is 0. The summed E-state index contributed by atoms with van der Waals surface area (Å²) in [5.41, 5.74) is 2.94. The number of halogens is 1. The van der Waals surface area contributed by atoms with Crippen LogP contribution in [0.25, 0.3) is 0 Å². The van der Waals surface area contributed by atoms with Crippen molar-refractivity contribution in [1.29, 1.82) is 0 Å². The smallest absolute Gasteiger partial charge is 0.390 e. The van der Waals surface area contributed by atoms with Crippen LogP contribution in [0.5, 0.6) is 0 Å². The van der Waals surface area contributed by atoms with E-state index in [9.17, 15) is 14.9 Å². The average Bonchev–Trinajstić information content (AvgIpc) is 3.04. The Bertz CT molecular complexity index is 730. The first-order valence-corrected chi connectivity index (χ1v) is 6.61. The highest BCUT2D eigenvalue weighted by Gasteiger charge is 2.16. The number of tetrazole rings is 1. The molecule has 0 aliphatic rings. The van der Waals surface area contributed by atoms with Crippen LogP contribution in [-0.4, -0.2) is 46.5 Å². The number of nitrogens with zero attached hydrogens (tertiary/aromatic N) is 8. The molecule has 2 aromatic heterocycles. The van der Waals surface area contributed by atoms with Gasteiger partial charge >= 0.3 is 5.95 Å². The minimum Gasteiger partial charge on any atom is -0.390 e. The molecule has 0 bridgehead atoms. The first-order chi connectivity index (χ1) is 10.4. The van der Waals surface area contributed by atoms with Crippen LogP contribution in [0.2, 0.25) is 0 Å². The Labute approximate surface area is 131 Å². The maximum Gasteiger partial charge on any atom is 0.514 e. The van der Waals surface area contributed by atoms with Crippen LogP contribution in [0.15, 0.2) is 15.8 Å². The van der Waals surface area contributed by atoms with Crippen molar-refractivity contribution in [3.63, 3.8) is 0 Å². The van der Waals surface area contributed by atoms with E-state index in [0.29, 0.717) is 10.3 Å². The Morgan fingerprint density at radius 1 is 1.55 bits per heavy atom. The number of amides is 1. The highest BCUT2D eigenvalue weighted by molar-refractivity contribution is 9.10. The predicted molar refractivity (Wildman–Crippen MR) is 76.0 cm³/mol. The Kier molecular flexibility index (Phi) is 4.55. The summed E-state index contributed by atoms with van der Waals surface area (Å²) in [5.74, 6) is -1.09. The number of nitro groups is 1. The minimum atomic E-state index is -0.753. The van der Waals surface area contributed by atoms with Gasteiger partial charge in [-0.25, -0.2) is 5.43 Å². The van der Waals surface area contributed by atoms with Gasteiger partial charge in [0.1, 0.15) is 11.1 Å². The Balaban J connectivity index is 1.97. The first kappa shape index (κ1) is 15.7. The Morgan fingerprint density at radius 2 is 2.27 bits per heavy atom. The van der Waals surface area contributed by atoms with Crippen molar-refractivity contribution in [2.75, 3.05) is 0 Å². The van der Waals surface area contributed by atoms with E-state index in [2.05, 4.69) is 47.0 Å². The molecule has 0 saturated heterocycles. The molecule has 0 atom stereocenters. The lowest BCUT2D eigenvalue weighted by molar-refractivity contribution is -0.394. The molecular formula is C9H10BrN9O3. The van der Waals surface area contributed by atoms with E-state index in [1.807, 2.05) is 0 Å². The number of hydrazone groups is 1. The molecule has 0 radical (unpaired) electrons. The minimum absolute atomic E-state index is 0.0486. The fourth-order valence-corrected chi connectivity index (χ4v) is 1.67. The molecule has 0 aliphatic heterocycles. The summed E-state index contributed by atoms with van der Waals surface area (Å²) in [6.45, 7) is 1.65. The lowest BCUT2D eigenvalue weighted by atomic mass is 10.4. The molecule has 116 valence electrons. The lowest BCUT2D eigenvalue weighted by Gasteiger charge is -1.98. The number of carbonyl (C=O) groups excluding carboxylic acids is 1. The van der Waals surface area contributed by atoms with Crippen molar-refractivity contribution >= 4 is 33.5 Å². The second-order valence-corrected chi connectivity index (χ2v) is 4.95. The molecule has 1 N–H and O–H groups in total. The van der Waals surface area contributed by atoms with Crippen molar-refractivity contribution in [2.45, 2.75) is 13.5 Å². The van der Waals surface area contributed by atoms with E-state index in [0.717, 1.165) is 4.80 Å². The SMILES string of the molecule is CC(Cn1nnc([N+](=O)[O-])n1)=NNC(=O)c1cc(Br)n(C)n1. The number of rotatable bonds is 5. The largest absolute Gasteiger partial charge is 0.514 e. The number of hydrogen-bond donors (Lipinski definition) is 1. The summed E-state index contributed by atoms with van der Waals surface area (Å²) in [6, 6.07) is 1.54. The highest BCUT2D eigenvalue weighted by atomic mass is 79.9. The van der Waals surface area contributed by atoms with Gasteiger partial charge in [-0.05, 0) is 27.8 Å². The summed E-state index contributed by atoms with van der Waals surface area (Å²) < 4.78 is 2.14. The molecule has 0 fully saturated rings. The molecule has 13 heteroatoms. The zero-order valence-corrected chi connectivity index (χ0v) is 13.1. The lowest BCUT2D eigenvalue weighted by Crippen LogP contribution is -2.21.